The second-order valence-electron chi connectivity index (χ2n) is 7.22. The van der Waals surface area contributed by atoms with Crippen LogP contribution >= 0.6 is 0 Å². The second-order valence-corrected chi connectivity index (χ2v) is 7.22. The zero-order valence-corrected chi connectivity index (χ0v) is 18.5. The van der Waals surface area contributed by atoms with Crippen LogP contribution < -0.4 is 9.47 Å². The lowest BCUT2D eigenvalue weighted by Crippen LogP contribution is -2.13. The third-order valence-electron chi connectivity index (χ3n) is 4.89. The maximum absolute atomic E-state index is 6.18. The van der Waals surface area contributed by atoms with Crippen LogP contribution in [-0.2, 0) is 11.4 Å². The summed E-state index contributed by atoms with van der Waals surface area (Å²) in [5, 5.41) is 4.25. The van der Waals surface area contributed by atoms with Crippen molar-refractivity contribution in [3.05, 3.63) is 70.8 Å². The first-order valence-electron chi connectivity index (χ1n) is 10.2. The van der Waals surface area contributed by atoms with Gasteiger partial charge in [0.05, 0.1) is 5.71 Å². The van der Waals surface area contributed by atoms with Crippen LogP contribution in [0.5, 0.6) is 11.5 Å². The largest absolute Gasteiger partial charge is 0.490 e. The molecule has 4 nitrogen and oxygen atoms in total. The van der Waals surface area contributed by atoms with E-state index in [1.165, 1.54) is 0 Å². The molecule has 2 aromatic carbocycles. The smallest absolute Gasteiger partial charge is 0.125 e. The molecule has 0 saturated heterocycles. The standard InChI is InChI=1S/C25H33NO3/c1-7-9-13-28-23-14-19(4)25(20(5)15-23)29-17-21-11-10-12-22(16-21)24(26-27-6)18(3)8-2/h7,9-12,14-16,18H,8,13,17H2,1-6H3/b9-7+,26-24+. The fourth-order valence-electron chi connectivity index (χ4n) is 3.16. The number of hydrogen-bond donors (Lipinski definition) is 0. The van der Waals surface area contributed by atoms with E-state index in [1.54, 1.807) is 7.11 Å². The molecule has 0 saturated carbocycles. The summed E-state index contributed by atoms with van der Waals surface area (Å²) >= 11 is 0. The Morgan fingerprint density at radius 2 is 1.83 bits per heavy atom. The minimum Gasteiger partial charge on any atom is -0.490 e. The molecule has 0 aliphatic rings. The number of allylic oxidation sites excluding steroid dienone is 1. The van der Waals surface area contributed by atoms with Crippen molar-refractivity contribution in [2.24, 2.45) is 11.1 Å². The van der Waals surface area contributed by atoms with Crippen LogP contribution in [0.2, 0.25) is 0 Å². The highest BCUT2D eigenvalue weighted by molar-refractivity contribution is 6.01. The number of rotatable bonds is 10. The Hall–Kier alpha value is -2.75. The molecule has 0 N–H and O–H groups in total. The van der Waals surface area contributed by atoms with Crippen LogP contribution in [-0.4, -0.2) is 19.4 Å². The molecule has 1 atom stereocenters. The molecule has 29 heavy (non-hydrogen) atoms. The predicted molar refractivity (Wildman–Crippen MR) is 120 cm³/mol. The molecule has 2 rings (SSSR count). The average Bonchev–Trinajstić information content (AvgIpc) is 2.71. The third kappa shape index (κ3) is 6.38. The monoisotopic (exact) mass is 395 g/mol. The summed E-state index contributed by atoms with van der Waals surface area (Å²) in [5.74, 6) is 2.09. The highest BCUT2D eigenvalue weighted by atomic mass is 16.6. The van der Waals surface area contributed by atoms with Gasteiger partial charge < -0.3 is 14.3 Å². The van der Waals surface area contributed by atoms with Crippen LogP contribution in [0.15, 0.2) is 53.7 Å². The Labute approximate surface area is 175 Å². The average molecular weight is 396 g/mol. The Bertz CT molecular complexity index is 832. The number of aryl methyl sites for hydroxylation is 2. The molecule has 0 fully saturated rings. The predicted octanol–water partition coefficient (Wildman–Crippen LogP) is 6.23. The number of benzene rings is 2. The summed E-state index contributed by atoms with van der Waals surface area (Å²) < 4.78 is 11.9. The molecule has 4 heteroatoms. The SMILES string of the molecule is C/C=C/COc1cc(C)c(OCc2cccc(/C(=N/OC)C(C)CC)c2)c(C)c1. The topological polar surface area (TPSA) is 40.0 Å². The van der Waals surface area contributed by atoms with E-state index in [0.717, 1.165) is 45.9 Å². The zero-order chi connectivity index (χ0) is 21.2. The van der Waals surface area contributed by atoms with Gasteiger partial charge in [0, 0.05) is 5.92 Å². The van der Waals surface area contributed by atoms with Gasteiger partial charge in [-0.25, -0.2) is 0 Å². The van der Waals surface area contributed by atoms with E-state index in [-0.39, 0.29) is 0 Å². The first kappa shape index (κ1) is 22.5. The summed E-state index contributed by atoms with van der Waals surface area (Å²) in [6.45, 7) is 11.5. The van der Waals surface area contributed by atoms with E-state index < -0.39 is 0 Å². The fourth-order valence-corrected chi connectivity index (χ4v) is 3.16. The summed E-state index contributed by atoms with van der Waals surface area (Å²) in [6.07, 6.45) is 4.97. The summed E-state index contributed by atoms with van der Waals surface area (Å²) in [6, 6.07) is 12.4. The molecule has 0 radical (unpaired) electrons. The van der Waals surface area contributed by atoms with Crippen LogP contribution in [0, 0.1) is 19.8 Å². The van der Waals surface area contributed by atoms with Crippen molar-refractivity contribution in [3.63, 3.8) is 0 Å². The Morgan fingerprint density at radius 1 is 1.10 bits per heavy atom. The normalized spacial score (nSPS) is 12.8. The van der Waals surface area contributed by atoms with Gasteiger partial charge in [0.2, 0.25) is 0 Å². The van der Waals surface area contributed by atoms with Crippen LogP contribution in [0.1, 0.15) is 49.4 Å². The van der Waals surface area contributed by atoms with Gasteiger partial charge in [-0.3, -0.25) is 0 Å². The van der Waals surface area contributed by atoms with Crippen molar-refractivity contribution in [2.75, 3.05) is 13.7 Å². The number of nitrogens with zero attached hydrogens (tertiary/aromatic N) is 1. The van der Waals surface area contributed by atoms with Gasteiger partial charge in [0.1, 0.15) is 31.8 Å². The lowest BCUT2D eigenvalue weighted by molar-refractivity contribution is 0.211. The van der Waals surface area contributed by atoms with Gasteiger partial charge in [0.15, 0.2) is 0 Å². The molecular weight excluding hydrogens is 362 g/mol. The summed E-state index contributed by atoms with van der Waals surface area (Å²) in [5.41, 5.74) is 5.27. The first-order valence-corrected chi connectivity index (χ1v) is 10.2. The first-order chi connectivity index (χ1) is 14.0. The lowest BCUT2D eigenvalue weighted by Gasteiger charge is -2.16. The van der Waals surface area contributed by atoms with E-state index in [0.29, 0.717) is 19.1 Å². The number of hydrogen-bond acceptors (Lipinski definition) is 4. The molecule has 0 heterocycles. The molecule has 0 bridgehead atoms. The minimum absolute atomic E-state index is 0.325. The maximum Gasteiger partial charge on any atom is 0.125 e. The second kappa shape index (κ2) is 11.3. The van der Waals surface area contributed by atoms with Crippen molar-refractivity contribution in [3.8, 4) is 11.5 Å². The third-order valence-corrected chi connectivity index (χ3v) is 4.89. The molecular formula is C25H33NO3. The van der Waals surface area contributed by atoms with Gasteiger partial charge >= 0.3 is 0 Å². The van der Waals surface area contributed by atoms with Crippen LogP contribution in [0.3, 0.4) is 0 Å². The van der Waals surface area contributed by atoms with Crippen molar-refractivity contribution < 1.29 is 14.3 Å². The molecule has 0 spiro atoms. The zero-order valence-electron chi connectivity index (χ0n) is 18.5. The molecule has 2 aromatic rings. The van der Waals surface area contributed by atoms with E-state index >= 15 is 0 Å². The molecule has 0 aromatic heterocycles. The summed E-state index contributed by atoms with van der Waals surface area (Å²) in [4.78, 5) is 5.07. The van der Waals surface area contributed by atoms with E-state index in [2.05, 4.69) is 37.2 Å². The fraction of sp³-hybridized carbons (Fsp3) is 0.400. The van der Waals surface area contributed by atoms with Crippen LogP contribution in [0.4, 0.5) is 0 Å². The highest BCUT2D eigenvalue weighted by Gasteiger charge is 2.13. The minimum atomic E-state index is 0.325. The van der Waals surface area contributed by atoms with Gasteiger partial charge in [-0.15, -0.1) is 0 Å². The Morgan fingerprint density at radius 3 is 2.45 bits per heavy atom. The quantitative estimate of drug-likeness (QED) is 0.272. The van der Waals surface area contributed by atoms with E-state index in [4.69, 9.17) is 14.3 Å². The molecule has 1 unspecified atom stereocenters. The van der Waals surface area contributed by atoms with Crippen LogP contribution in [0.25, 0.3) is 0 Å². The van der Waals surface area contributed by atoms with Crippen molar-refractivity contribution in [2.45, 2.75) is 47.6 Å². The van der Waals surface area contributed by atoms with E-state index in [1.807, 2.05) is 51.1 Å². The Kier molecular flexibility index (Phi) is 8.78. The summed E-state index contributed by atoms with van der Waals surface area (Å²) in [7, 11) is 1.59. The van der Waals surface area contributed by atoms with Crippen molar-refractivity contribution >= 4 is 5.71 Å². The van der Waals surface area contributed by atoms with Gasteiger partial charge in [-0.1, -0.05) is 49.4 Å². The molecule has 0 aliphatic heterocycles. The van der Waals surface area contributed by atoms with Crippen molar-refractivity contribution in [1.82, 2.24) is 0 Å². The molecule has 156 valence electrons. The van der Waals surface area contributed by atoms with Gasteiger partial charge in [0.25, 0.3) is 0 Å². The highest BCUT2D eigenvalue weighted by Crippen LogP contribution is 2.29. The maximum atomic E-state index is 6.18. The number of oxime groups is 1. The lowest BCUT2D eigenvalue weighted by atomic mass is 9.95. The Balaban J connectivity index is 2.15. The van der Waals surface area contributed by atoms with Gasteiger partial charge in [-0.05, 0) is 67.6 Å². The molecule has 0 aliphatic carbocycles. The van der Waals surface area contributed by atoms with Crippen molar-refractivity contribution in [1.29, 1.82) is 0 Å². The number of ether oxygens (including phenoxy) is 2. The molecule has 0 amide bonds. The van der Waals surface area contributed by atoms with E-state index in [9.17, 15) is 0 Å². The van der Waals surface area contributed by atoms with Gasteiger partial charge in [-0.2, -0.15) is 0 Å².